The number of benzene rings is 1. The summed E-state index contributed by atoms with van der Waals surface area (Å²) in [5, 5.41) is 26.3. The maximum Gasteiger partial charge on any atom is 0.332 e. The van der Waals surface area contributed by atoms with Gasteiger partial charge < -0.3 is 26.2 Å². The number of aliphatic carboxylic acids is 2. The fourth-order valence-electron chi connectivity index (χ4n) is 2.90. The van der Waals surface area contributed by atoms with E-state index in [9.17, 15) is 34.2 Å². The predicted molar refractivity (Wildman–Crippen MR) is 137 cm³/mol. The van der Waals surface area contributed by atoms with Crippen LogP contribution in [-0.2, 0) is 24.0 Å². The minimum absolute atomic E-state index is 0.0932. The smallest absolute Gasteiger partial charge is 0.332 e. The quantitative estimate of drug-likeness (QED) is 0.287. The van der Waals surface area contributed by atoms with Crippen molar-refractivity contribution in [2.45, 2.75) is 41.5 Å². The van der Waals surface area contributed by atoms with Crippen molar-refractivity contribution in [1.29, 1.82) is 0 Å². The highest BCUT2D eigenvalue weighted by atomic mass is 16.4. The summed E-state index contributed by atoms with van der Waals surface area (Å²) in [5.41, 5.74) is 0.377. The Morgan fingerprint density at radius 2 is 0.972 bits per heavy atom. The predicted octanol–water partition coefficient (Wildman–Crippen LogP) is 4.05. The minimum Gasteiger partial charge on any atom is -0.478 e. The van der Waals surface area contributed by atoms with Gasteiger partial charge in [-0.1, -0.05) is 47.6 Å². The van der Waals surface area contributed by atoms with Gasteiger partial charge in [-0.15, -0.1) is 0 Å². The molecule has 194 valence electrons. The Hall–Kier alpha value is -4.21. The molecule has 36 heavy (non-hydrogen) atoms. The van der Waals surface area contributed by atoms with E-state index in [2.05, 4.69) is 16.0 Å². The van der Waals surface area contributed by atoms with Gasteiger partial charge in [-0.2, -0.15) is 0 Å². The molecule has 3 amide bonds. The number of carbonyl (C=O) groups is 5. The molecule has 0 saturated heterocycles. The van der Waals surface area contributed by atoms with Crippen LogP contribution in [0.4, 0.5) is 17.1 Å². The summed E-state index contributed by atoms with van der Waals surface area (Å²) in [6.45, 7) is 10.4. The summed E-state index contributed by atoms with van der Waals surface area (Å²) >= 11 is 0. The lowest BCUT2D eigenvalue weighted by Crippen LogP contribution is -2.17. The van der Waals surface area contributed by atoms with Crippen molar-refractivity contribution in [2.24, 2.45) is 17.8 Å². The van der Waals surface area contributed by atoms with E-state index in [1.165, 1.54) is 24.3 Å². The summed E-state index contributed by atoms with van der Waals surface area (Å²) in [5.74, 6) is -4.98. The average molecular weight is 500 g/mol. The number of carbonyl (C=O) groups excluding carboxylic acids is 3. The second-order valence-electron chi connectivity index (χ2n) is 8.99. The third-order valence-corrected chi connectivity index (χ3v) is 4.68. The molecule has 0 aliphatic rings. The van der Waals surface area contributed by atoms with E-state index in [0.717, 1.165) is 12.2 Å². The highest BCUT2D eigenvalue weighted by Crippen LogP contribution is 2.24. The van der Waals surface area contributed by atoms with Gasteiger partial charge in [0.2, 0.25) is 17.7 Å². The van der Waals surface area contributed by atoms with Gasteiger partial charge in [0.15, 0.2) is 0 Å². The number of amides is 3. The zero-order valence-corrected chi connectivity index (χ0v) is 21.2. The molecule has 0 fully saturated rings. The lowest BCUT2D eigenvalue weighted by atomic mass is 10.0. The molecule has 0 aromatic heterocycles. The molecule has 1 aromatic carbocycles. The van der Waals surface area contributed by atoms with Crippen LogP contribution in [0.3, 0.4) is 0 Å². The van der Waals surface area contributed by atoms with Crippen molar-refractivity contribution in [1.82, 2.24) is 0 Å². The van der Waals surface area contributed by atoms with Gasteiger partial charge in [-0.3, -0.25) is 14.4 Å². The number of hydrogen-bond acceptors (Lipinski definition) is 5. The third-order valence-electron chi connectivity index (χ3n) is 4.68. The standard InChI is InChI=1S/C26H33N3O7/c1-14(2)7-8-22(30)27-17-9-18(28-23(31)12-20(15(3)4)25(33)34)11-19(10-17)29-24(32)13-21(16(5)6)26(35)36/h7-16H,1-6H3,(H,27,30)(H,28,31)(H,29,32)(H,33,34)(H,35,36)/b8-7+,20-12-,21-13-. The van der Waals surface area contributed by atoms with Crippen molar-refractivity contribution in [3.05, 3.63) is 53.6 Å². The maximum absolute atomic E-state index is 12.5. The van der Waals surface area contributed by atoms with Gasteiger partial charge in [0, 0.05) is 40.4 Å². The van der Waals surface area contributed by atoms with Gasteiger partial charge >= 0.3 is 11.9 Å². The molecular formula is C26H33N3O7. The van der Waals surface area contributed by atoms with Crippen molar-refractivity contribution in [3.63, 3.8) is 0 Å². The lowest BCUT2D eigenvalue weighted by Gasteiger charge is -2.12. The first-order valence-electron chi connectivity index (χ1n) is 11.4. The van der Waals surface area contributed by atoms with E-state index in [4.69, 9.17) is 0 Å². The van der Waals surface area contributed by atoms with Crippen LogP contribution in [0.25, 0.3) is 0 Å². The number of carboxylic acids is 2. The van der Waals surface area contributed by atoms with Crippen LogP contribution in [-0.4, -0.2) is 39.9 Å². The number of hydrogen-bond donors (Lipinski definition) is 5. The van der Waals surface area contributed by atoms with Crippen LogP contribution < -0.4 is 16.0 Å². The molecule has 10 nitrogen and oxygen atoms in total. The molecule has 0 saturated carbocycles. The molecular weight excluding hydrogens is 466 g/mol. The van der Waals surface area contributed by atoms with E-state index in [1.54, 1.807) is 33.8 Å². The second kappa shape index (κ2) is 13.6. The van der Waals surface area contributed by atoms with Crippen LogP contribution in [0.2, 0.25) is 0 Å². The summed E-state index contributed by atoms with van der Waals surface area (Å²) in [6, 6.07) is 4.26. The molecule has 1 aromatic rings. The maximum atomic E-state index is 12.5. The SMILES string of the molecule is CC(C)/C=C/C(=O)Nc1cc(NC(=O)/C=C(\C(=O)O)C(C)C)cc(NC(=O)/C=C(\C(=O)O)C(C)C)c1. The average Bonchev–Trinajstić information content (AvgIpc) is 2.73. The fraction of sp³-hybridized carbons (Fsp3) is 0.346. The number of rotatable bonds is 11. The number of allylic oxidation sites excluding steroid dienone is 1. The minimum atomic E-state index is -1.22. The highest BCUT2D eigenvalue weighted by molar-refractivity contribution is 6.07. The molecule has 0 radical (unpaired) electrons. The first kappa shape index (κ1) is 29.8. The van der Waals surface area contributed by atoms with E-state index in [1.807, 2.05) is 13.8 Å². The van der Waals surface area contributed by atoms with Crippen molar-refractivity contribution in [2.75, 3.05) is 16.0 Å². The number of nitrogens with one attached hydrogen (secondary N) is 3. The molecule has 0 atom stereocenters. The molecule has 0 bridgehead atoms. The number of anilines is 3. The van der Waals surface area contributed by atoms with Gasteiger partial charge in [0.1, 0.15) is 0 Å². The van der Waals surface area contributed by atoms with E-state index in [0.29, 0.717) is 0 Å². The Balaban J connectivity index is 3.34. The van der Waals surface area contributed by atoms with Crippen LogP contribution >= 0.6 is 0 Å². The zero-order valence-electron chi connectivity index (χ0n) is 21.2. The van der Waals surface area contributed by atoms with Crippen molar-refractivity contribution in [3.8, 4) is 0 Å². The van der Waals surface area contributed by atoms with Crippen molar-refractivity contribution >= 4 is 46.7 Å². The Labute approximate surface area is 210 Å². The Bertz CT molecular complexity index is 1040. The molecule has 0 unspecified atom stereocenters. The molecule has 0 aliphatic heterocycles. The highest BCUT2D eigenvalue weighted by Gasteiger charge is 2.16. The van der Waals surface area contributed by atoms with Crippen LogP contribution in [0.1, 0.15) is 41.5 Å². The Morgan fingerprint density at radius 1 is 0.639 bits per heavy atom. The van der Waals surface area contributed by atoms with E-state index < -0.39 is 41.5 Å². The van der Waals surface area contributed by atoms with E-state index in [-0.39, 0.29) is 34.1 Å². The Kier molecular flexibility index (Phi) is 11.3. The first-order chi connectivity index (χ1) is 16.7. The lowest BCUT2D eigenvalue weighted by molar-refractivity contribution is -0.134. The topological polar surface area (TPSA) is 162 Å². The molecule has 0 aliphatic carbocycles. The summed E-state index contributed by atoms with van der Waals surface area (Å²) in [4.78, 5) is 59.9. The molecule has 0 spiro atoms. The molecule has 0 heterocycles. The second-order valence-corrected chi connectivity index (χ2v) is 8.99. The van der Waals surface area contributed by atoms with E-state index >= 15 is 0 Å². The van der Waals surface area contributed by atoms with Crippen LogP contribution in [0.15, 0.2) is 53.6 Å². The monoisotopic (exact) mass is 499 g/mol. The van der Waals surface area contributed by atoms with Gasteiger partial charge in [0.05, 0.1) is 0 Å². The van der Waals surface area contributed by atoms with Gasteiger partial charge in [-0.25, -0.2) is 9.59 Å². The van der Waals surface area contributed by atoms with Gasteiger partial charge in [0.25, 0.3) is 0 Å². The Morgan fingerprint density at radius 3 is 1.25 bits per heavy atom. The summed E-state index contributed by atoms with van der Waals surface area (Å²) in [7, 11) is 0. The molecule has 1 rings (SSSR count). The van der Waals surface area contributed by atoms with Crippen LogP contribution in [0, 0.1) is 17.8 Å². The summed E-state index contributed by atoms with van der Waals surface area (Å²) in [6.07, 6.45) is 4.97. The molecule has 5 N–H and O–H groups in total. The molecule has 10 heteroatoms. The van der Waals surface area contributed by atoms with Crippen LogP contribution in [0.5, 0.6) is 0 Å². The number of carboxylic acid groups (broad SMARTS) is 2. The normalized spacial score (nSPS) is 12.2. The van der Waals surface area contributed by atoms with Gasteiger partial charge in [-0.05, 0) is 42.0 Å². The zero-order chi connectivity index (χ0) is 27.6. The summed E-state index contributed by atoms with van der Waals surface area (Å²) < 4.78 is 0. The van der Waals surface area contributed by atoms with Crippen molar-refractivity contribution < 1.29 is 34.2 Å². The largest absolute Gasteiger partial charge is 0.478 e. The fourth-order valence-corrected chi connectivity index (χ4v) is 2.90. The first-order valence-corrected chi connectivity index (χ1v) is 11.4. The third kappa shape index (κ3) is 10.4.